The highest BCUT2D eigenvalue weighted by molar-refractivity contribution is 6.33. The third-order valence-electron chi connectivity index (χ3n) is 11.8. The van der Waals surface area contributed by atoms with Crippen LogP contribution in [0.1, 0.15) is 41.1 Å². The van der Waals surface area contributed by atoms with E-state index >= 15 is 4.79 Å². The van der Waals surface area contributed by atoms with Gasteiger partial charge in [0.2, 0.25) is 0 Å². The fraction of sp³-hybridized carbons (Fsp3) is 0.300. The van der Waals surface area contributed by atoms with Crippen molar-refractivity contribution in [3.05, 3.63) is 116 Å². The van der Waals surface area contributed by atoms with Crippen LogP contribution in [-0.4, -0.2) is 62.9 Å². The van der Waals surface area contributed by atoms with Crippen LogP contribution in [0.5, 0.6) is 11.5 Å². The first kappa shape index (κ1) is 42.1. The number of nitrogens with zero attached hydrogens (tertiary/aromatic N) is 5. The van der Waals surface area contributed by atoms with Crippen molar-refractivity contribution < 1.29 is 55.4 Å². The normalized spacial score (nSPS) is 25.0. The second kappa shape index (κ2) is 14.8. The minimum absolute atomic E-state index is 0.106. The first-order chi connectivity index (χ1) is 28.7. The number of aromatic hydroxyl groups is 1. The van der Waals surface area contributed by atoms with Gasteiger partial charge in [-0.05, 0) is 60.7 Å². The number of amides is 4. The summed E-state index contributed by atoms with van der Waals surface area (Å²) in [5.41, 5.74) is -1.26. The number of phenolic OH excluding ortho intramolecular Hbond substituents is 1. The number of rotatable bonds is 7. The predicted molar refractivity (Wildman–Crippen MR) is 206 cm³/mol. The number of benzene rings is 2. The first-order valence-corrected chi connectivity index (χ1v) is 19.4. The number of imide groups is 2. The molecule has 1 saturated carbocycles. The van der Waals surface area contributed by atoms with Gasteiger partial charge >= 0.3 is 12.4 Å². The lowest BCUT2D eigenvalue weighted by Gasteiger charge is -2.50. The second-order valence-electron chi connectivity index (χ2n) is 14.9. The van der Waals surface area contributed by atoms with Crippen molar-refractivity contribution in [2.75, 3.05) is 24.6 Å². The molecular formula is C40H29Cl3F6N6O6. The Labute approximate surface area is 356 Å². The number of aromatic nitrogens is 2. The zero-order valence-electron chi connectivity index (χ0n) is 31.4. The fourth-order valence-electron chi connectivity index (χ4n) is 9.21. The van der Waals surface area contributed by atoms with E-state index in [0.717, 1.165) is 18.1 Å². The van der Waals surface area contributed by atoms with E-state index in [9.17, 15) is 45.8 Å². The van der Waals surface area contributed by atoms with Crippen molar-refractivity contribution in [2.24, 2.45) is 23.7 Å². The highest BCUT2D eigenvalue weighted by Gasteiger charge is 2.71. The number of hydrogen-bond acceptors (Lipinski definition) is 10. The van der Waals surface area contributed by atoms with Crippen LogP contribution in [0.4, 0.5) is 38.0 Å². The largest absolute Gasteiger partial charge is 0.508 e. The van der Waals surface area contributed by atoms with E-state index in [0.29, 0.717) is 33.9 Å². The van der Waals surface area contributed by atoms with E-state index in [1.165, 1.54) is 49.6 Å². The zero-order valence-corrected chi connectivity index (χ0v) is 33.6. The standard InChI is InChI=1S/C40H29Cl3F6N6O6/c1-53(33-26(42)11-12-29(51-33)40(47,48)49)55-34(57)23-10-9-21-24(30(23)36(55)59)15-25-35(58)54(52-32-27(43)13-18(16-50-32)39(44,45)46)37(60)38(25,17-3-5-19(41)6-4-17)31(21)22-8-7-20(61-2)14-28(22)56/h3-9,11-14,16,23-25,30-31,56H,10,15H2,1-2H3,(H,50,52)/t23-,24+,25-,30-,31+,38+/m0/s1. The molecule has 12 nitrogen and oxygen atoms in total. The number of hydrogen-bond donors (Lipinski definition) is 2. The molecule has 2 aliphatic carbocycles. The van der Waals surface area contributed by atoms with E-state index in [-0.39, 0.29) is 45.5 Å². The quantitative estimate of drug-likeness (QED) is 0.106. The van der Waals surface area contributed by atoms with Gasteiger partial charge in [-0.3, -0.25) is 29.6 Å². The highest BCUT2D eigenvalue weighted by atomic mass is 35.5. The minimum atomic E-state index is -4.89. The Bertz CT molecular complexity index is 2560. The van der Waals surface area contributed by atoms with E-state index in [2.05, 4.69) is 15.4 Å². The number of halogens is 9. The summed E-state index contributed by atoms with van der Waals surface area (Å²) >= 11 is 18.8. The van der Waals surface area contributed by atoms with E-state index in [4.69, 9.17) is 39.5 Å². The van der Waals surface area contributed by atoms with Crippen LogP contribution in [0.2, 0.25) is 15.1 Å². The number of fused-ring (bicyclic) bond motifs is 4. The van der Waals surface area contributed by atoms with Crippen LogP contribution in [0.3, 0.4) is 0 Å². The van der Waals surface area contributed by atoms with Gasteiger partial charge in [-0.25, -0.2) is 9.97 Å². The number of anilines is 2. The topological polar surface area (TPSA) is 145 Å². The van der Waals surface area contributed by atoms with Gasteiger partial charge in [0.1, 0.15) is 17.2 Å². The number of nitrogens with one attached hydrogen (secondary N) is 1. The molecule has 21 heteroatoms. The average molecular weight is 910 g/mol. The molecule has 318 valence electrons. The fourth-order valence-corrected chi connectivity index (χ4v) is 9.77. The van der Waals surface area contributed by atoms with Crippen molar-refractivity contribution in [2.45, 2.75) is 36.5 Å². The predicted octanol–water partition coefficient (Wildman–Crippen LogP) is 8.22. The number of ether oxygens (including phenoxy) is 1. The molecule has 2 aliphatic heterocycles. The summed E-state index contributed by atoms with van der Waals surface area (Å²) in [6.07, 6.45) is -7.99. The smallest absolute Gasteiger partial charge is 0.433 e. The molecule has 8 rings (SSSR count). The molecule has 3 fully saturated rings. The second-order valence-corrected chi connectivity index (χ2v) is 16.1. The summed E-state index contributed by atoms with van der Waals surface area (Å²) in [5, 5.41) is 13.2. The molecule has 4 heterocycles. The lowest BCUT2D eigenvalue weighted by atomic mass is 9.49. The van der Waals surface area contributed by atoms with Crippen molar-refractivity contribution >= 4 is 70.1 Å². The van der Waals surface area contributed by atoms with E-state index < -0.39 is 98.9 Å². The number of hydrazine groups is 2. The van der Waals surface area contributed by atoms with Crippen molar-refractivity contribution in [1.29, 1.82) is 0 Å². The van der Waals surface area contributed by atoms with Crippen LogP contribution in [0, 0.1) is 23.7 Å². The van der Waals surface area contributed by atoms with Gasteiger partial charge < -0.3 is 9.84 Å². The Kier molecular flexibility index (Phi) is 10.2. The molecule has 2 saturated heterocycles. The maximum Gasteiger partial charge on any atom is 0.433 e. The Morgan fingerprint density at radius 2 is 1.59 bits per heavy atom. The van der Waals surface area contributed by atoms with Gasteiger partial charge in [0.25, 0.3) is 23.6 Å². The maximum atomic E-state index is 15.4. The monoisotopic (exact) mass is 908 g/mol. The number of carbonyl (C=O) groups is 4. The van der Waals surface area contributed by atoms with Crippen molar-refractivity contribution in [3.63, 3.8) is 0 Å². The summed E-state index contributed by atoms with van der Waals surface area (Å²) in [7, 11) is 2.51. The molecule has 4 amide bonds. The average Bonchev–Trinajstić information content (AvgIpc) is 3.58. The Hall–Kier alpha value is -5.59. The molecule has 4 aromatic rings. The number of phenols is 1. The Morgan fingerprint density at radius 3 is 2.21 bits per heavy atom. The van der Waals surface area contributed by atoms with Gasteiger partial charge in [-0.2, -0.15) is 36.4 Å². The van der Waals surface area contributed by atoms with Crippen LogP contribution >= 0.6 is 34.8 Å². The lowest BCUT2D eigenvalue weighted by molar-refractivity contribution is -0.142. The zero-order chi connectivity index (χ0) is 44.1. The highest BCUT2D eigenvalue weighted by Crippen LogP contribution is 2.65. The summed E-state index contributed by atoms with van der Waals surface area (Å²) in [4.78, 5) is 66.5. The summed E-state index contributed by atoms with van der Waals surface area (Å²) in [6, 6.07) is 12.4. The molecule has 61 heavy (non-hydrogen) atoms. The SMILES string of the molecule is COc1ccc([C@H]2C3=CC[C@@H]4C(=O)N(N(C)c5nc(C(F)(F)F)ccc5Cl)C(=O)[C@@H]4[C@@H]3C[C@H]3C(=O)N(Nc4ncc(C(F)(F)F)cc4Cl)C(=O)[C@@]23c2ccc(Cl)cc2)c(O)c1. The summed E-state index contributed by atoms with van der Waals surface area (Å²) in [5.74, 6) is -10.7. The number of carbonyl (C=O) groups excluding carboxylic acids is 4. The third kappa shape index (κ3) is 6.61. The minimum Gasteiger partial charge on any atom is -0.508 e. The van der Waals surface area contributed by atoms with Gasteiger partial charge in [0.15, 0.2) is 11.6 Å². The maximum absolute atomic E-state index is 15.4. The number of allylic oxidation sites excluding steroid dienone is 2. The van der Waals surface area contributed by atoms with E-state index in [1.807, 2.05) is 0 Å². The third-order valence-corrected chi connectivity index (χ3v) is 12.6. The van der Waals surface area contributed by atoms with Gasteiger partial charge in [0.05, 0.1) is 45.9 Å². The molecule has 0 radical (unpaired) electrons. The van der Waals surface area contributed by atoms with Gasteiger partial charge in [-0.15, -0.1) is 0 Å². The molecule has 4 aliphatic rings. The molecule has 2 N–H and O–H groups in total. The number of methoxy groups -OCH3 is 1. The Balaban J connectivity index is 1.29. The molecule has 0 spiro atoms. The van der Waals surface area contributed by atoms with Crippen molar-refractivity contribution in [3.8, 4) is 11.5 Å². The van der Waals surface area contributed by atoms with E-state index in [1.54, 1.807) is 6.08 Å². The lowest BCUT2D eigenvalue weighted by Crippen LogP contribution is -2.53. The number of pyridine rings is 2. The van der Waals surface area contributed by atoms with Crippen LogP contribution in [0.25, 0.3) is 0 Å². The molecule has 2 aromatic heterocycles. The summed E-state index contributed by atoms with van der Waals surface area (Å²) < 4.78 is 87.0. The molecule has 0 bridgehead atoms. The molecular weight excluding hydrogens is 881 g/mol. The molecule has 0 unspecified atom stereocenters. The van der Waals surface area contributed by atoms with Crippen LogP contribution < -0.4 is 15.2 Å². The molecule has 6 atom stereocenters. The first-order valence-electron chi connectivity index (χ1n) is 18.3. The summed E-state index contributed by atoms with van der Waals surface area (Å²) in [6.45, 7) is 0. The van der Waals surface area contributed by atoms with Crippen molar-refractivity contribution in [1.82, 2.24) is 20.0 Å². The molecule has 2 aromatic carbocycles. The number of alkyl halides is 6. The van der Waals surface area contributed by atoms with Crippen LogP contribution in [0.15, 0.2) is 78.5 Å². The van der Waals surface area contributed by atoms with Crippen LogP contribution in [-0.2, 0) is 36.9 Å². The van der Waals surface area contributed by atoms with Gasteiger partial charge in [0, 0.05) is 35.8 Å². The Morgan fingerprint density at radius 1 is 0.885 bits per heavy atom. The van der Waals surface area contributed by atoms with Gasteiger partial charge in [-0.1, -0.05) is 64.7 Å².